The van der Waals surface area contributed by atoms with Gasteiger partial charge in [-0.05, 0) is 38.0 Å². The zero-order valence-corrected chi connectivity index (χ0v) is 19.5. The summed E-state index contributed by atoms with van der Waals surface area (Å²) in [5, 5.41) is 3.26. The number of para-hydroxylation sites is 2. The van der Waals surface area contributed by atoms with Gasteiger partial charge < -0.3 is 25.4 Å². The van der Waals surface area contributed by atoms with Gasteiger partial charge in [-0.25, -0.2) is 9.79 Å². The van der Waals surface area contributed by atoms with Crippen LogP contribution in [0.2, 0.25) is 0 Å². The van der Waals surface area contributed by atoms with Crippen molar-refractivity contribution in [3.05, 3.63) is 60.2 Å². The number of piperidine rings is 1. The number of hydrogen-bond acceptors (Lipinski definition) is 4. The highest BCUT2D eigenvalue weighted by atomic mass is 127. The van der Waals surface area contributed by atoms with E-state index >= 15 is 0 Å². The van der Waals surface area contributed by atoms with Gasteiger partial charge in [0.1, 0.15) is 11.5 Å². The number of nitrogens with zero attached hydrogens (tertiary/aromatic N) is 2. The minimum absolute atomic E-state index is 0. The van der Waals surface area contributed by atoms with Gasteiger partial charge in [0.2, 0.25) is 0 Å². The third kappa shape index (κ3) is 7.08. The maximum atomic E-state index is 11.8. The van der Waals surface area contributed by atoms with Crippen molar-refractivity contribution in [3.8, 4) is 11.5 Å². The van der Waals surface area contributed by atoms with E-state index in [1.807, 2.05) is 61.5 Å². The smallest absolute Gasteiger partial charge is 0.409 e. The number of aliphatic imine (C=N–C) groups is 1. The lowest BCUT2D eigenvalue weighted by Crippen LogP contribution is -2.48. The molecule has 3 rings (SSSR count). The highest BCUT2D eigenvalue weighted by Crippen LogP contribution is 2.25. The van der Waals surface area contributed by atoms with Gasteiger partial charge in [0.25, 0.3) is 0 Å². The summed E-state index contributed by atoms with van der Waals surface area (Å²) in [5.41, 5.74) is 7.05. The molecule has 1 fully saturated rings. The number of likely N-dealkylation sites (tertiary alicyclic amines) is 1. The van der Waals surface area contributed by atoms with Gasteiger partial charge in [0.15, 0.2) is 5.96 Å². The predicted molar refractivity (Wildman–Crippen MR) is 128 cm³/mol. The van der Waals surface area contributed by atoms with E-state index in [0.717, 1.165) is 29.9 Å². The summed E-state index contributed by atoms with van der Waals surface area (Å²) in [5.74, 6) is 1.94. The largest absolute Gasteiger partial charge is 0.457 e. The monoisotopic (exact) mass is 524 g/mol. The van der Waals surface area contributed by atoms with Crippen LogP contribution in [-0.2, 0) is 11.3 Å². The first-order valence-corrected chi connectivity index (χ1v) is 9.94. The van der Waals surface area contributed by atoms with Gasteiger partial charge in [-0.15, -0.1) is 24.0 Å². The second kappa shape index (κ2) is 12.3. The van der Waals surface area contributed by atoms with E-state index in [1.54, 1.807) is 4.90 Å². The van der Waals surface area contributed by atoms with E-state index in [-0.39, 0.29) is 36.1 Å². The van der Waals surface area contributed by atoms with Crippen LogP contribution in [0.15, 0.2) is 59.6 Å². The second-order valence-electron chi connectivity index (χ2n) is 6.83. The Balaban J connectivity index is 0.00000320. The Morgan fingerprint density at radius 3 is 2.50 bits per heavy atom. The molecule has 1 aliphatic rings. The fourth-order valence-electron chi connectivity index (χ4n) is 3.20. The van der Waals surface area contributed by atoms with Crippen LogP contribution in [0.1, 0.15) is 25.3 Å². The number of carbonyl (C=O) groups is 1. The molecule has 162 valence electrons. The summed E-state index contributed by atoms with van der Waals surface area (Å²) in [6.07, 6.45) is 1.37. The molecule has 0 radical (unpaired) electrons. The number of benzene rings is 2. The van der Waals surface area contributed by atoms with Crippen LogP contribution in [0.4, 0.5) is 4.79 Å². The molecule has 2 aromatic carbocycles. The van der Waals surface area contributed by atoms with Crippen LogP contribution < -0.4 is 15.8 Å². The van der Waals surface area contributed by atoms with Crippen molar-refractivity contribution in [3.63, 3.8) is 0 Å². The van der Waals surface area contributed by atoms with Gasteiger partial charge in [-0.2, -0.15) is 0 Å². The average molecular weight is 524 g/mol. The van der Waals surface area contributed by atoms with E-state index < -0.39 is 0 Å². The van der Waals surface area contributed by atoms with Crippen molar-refractivity contribution < 1.29 is 14.3 Å². The van der Waals surface area contributed by atoms with Crippen LogP contribution >= 0.6 is 24.0 Å². The van der Waals surface area contributed by atoms with E-state index in [2.05, 4.69) is 10.3 Å². The third-order valence-electron chi connectivity index (χ3n) is 4.74. The molecule has 0 saturated carbocycles. The summed E-state index contributed by atoms with van der Waals surface area (Å²) in [7, 11) is 0. The summed E-state index contributed by atoms with van der Waals surface area (Å²) in [6, 6.07) is 17.6. The van der Waals surface area contributed by atoms with Gasteiger partial charge in [0.05, 0.1) is 13.2 Å². The van der Waals surface area contributed by atoms with E-state index in [1.165, 1.54) is 0 Å². The topological polar surface area (TPSA) is 89.2 Å². The van der Waals surface area contributed by atoms with Gasteiger partial charge in [-0.1, -0.05) is 36.4 Å². The Morgan fingerprint density at radius 1 is 1.13 bits per heavy atom. The van der Waals surface area contributed by atoms with E-state index in [9.17, 15) is 4.79 Å². The molecule has 1 heterocycles. The lowest BCUT2D eigenvalue weighted by Gasteiger charge is -2.31. The van der Waals surface area contributed by atoms with Crippen LogP contribution in [0.3, 0.4) is 0 Å². The quantitative estimate of drug-likeness (QED) is 0.337. The molecule has 1 aliphatic heterocycles. The minimum atomic E-state index is -0.248. The number of carbonyl (C=O) groups excluding carboxylic acids is 1. The third-order valence-corrected chi connectivity index (χ3v) is 4.74. The Hall–Kier alpha value is -2.49. The highest BCUT2D eigenvalue weighted by Gasteiger charge is 2.23. The Kier molecular flexibility index (Phi) is 9.72. The Morgan fingerprint density at radius 2 is 1.80 bits per heavy atom. The first-order chi connectivity index (χ1) is 14.2. The molecule has 1 saturated heterocycles. The normalized spacial score (nSPS) is 14.6. The van der Waals surface area contributed by atoms with Gasteiger partial charge in [0, 0.05) is 24.7 Å². The summed E-state index contributed by atoms with van der Waals surface area (Å²) in [6.45, 7) is 3.93. The highest BCUT2D eigenvalue weighted by molar-refractivity contribution is 14.0. The zero-order chi connectivity index (χ0) is 20.5. The number of ether oxygens (including phenoxy) is 2. The van der Waals surface area contributed by atoms with E-state index in [4.69, 9.17) is 15.2 Å². The number of nitrogens with one attached hydrogen (secondary N) is 1. The van der Waals surface area contributed by atoms with Crippen molar-refractivity contribution in [1.82, 2.24) is 10.2 Å². The molecule has 0 bridgehead atoms. The molecule has 0 aromatic heterocycles. The molecule has 0 atom stereocenters. The van der Waals surface area contributed by atoms with Crippen molar-refractivity contribution in [2.24, 2.45) is 10.7 Å². The lowest BCUT2D eigenvalue weighted by atomic mass is 10.1. The molecule has 0 aliphatic carbocycles. The van der Waals surface area contributed by atoms with Crippen LogP contribution in [0.5, 0.6) is 11.5 Å². The second-order valence-corrected chi connectivity index (χ2v) is 6.83. The molecule has 0 unspecified atom stereocenters. The lowest BCUT2D eigenvalue weighted by molar-refractivity contribution is 0.0963. The maximum Gasteiger partial charge on any atom is 0.409 e. The molecular formula is C22H29IN4O3. The number of guanidine groups is 1. The predicted octanol–water partition coefficient (Wildman–Crippen LogP) is 4.12. The molecule has 1 amide bonds. The molecule has 0 spiro atoms. The standard InChI is InChI=1S/C22H28N4O3.HI/c1-2-28-22(27)26-14-12-18(13-15-26)25-21(23)24-16-17-8-6-7-11-20(17)29-19-9-4-3-5-10-19;/h3-11,18H,2,12-16H2,1H3,(H3,23,24,25);1H. The van der Waals surface area contributed by atoms with Gasteiger partial charge in [-0.3, -0.25) is 0 Å². The molecule has 7 nitrogen and oxygen atoms in total. The van der Waals surface area contributed by atoms with Crippen molar-refractivity contribution in [2.75, 3.05) is 19.7 Å². The molecular weight excluding hydrogens is 495 g/mol. The van der Waals surface area contributed by atoms with Crippen molar-refractivity contribution in [2.45, 2.75) is 32.4 Å². The first-order valence-electron chi connectivity index (χ1n) is 9.94. The Bertz CT molecular complexity index is 824. The molecule has 30 heavy (non-hydrogen) atoms. The number of nitrogens with two attached hydrogens (primary N) is 1. The minimum Gasteiger partial charge on any atom is -0.457 e. The summed E-state index contributed by atoms with van der Waals surface area (Å²) in [4.78, 5) is 18.0. The SMILES string of the molecule is CCOC(=O)N1CCC(NC(N)=NCc2ccccc2Oc2ccccc2)CC1.I. The number of rotatable bonds is 6. The molecule has 3 N–H and O–H groups in total. The summed E-state index contributed by atoms with van der Waals surface area (Å²) < 4.78 is 11.0. The first kappa shape index (κ1) is 23.8. The van der Waals surface area contributed by atoms with Crippen LogP contribution in [0.25, 0.3) is 0 Å². The number of amides is 1. The van der Waals surface area contributed by atoms with Crippen molar-refractivity contribution >= 4 is 36.0 Å². The average Bonchev–Trinajstić information content (AvgIpc) is 2.74. The van der Waals surface area contributed by atoms with E-state index in [0.29, 0.717) is 32.2 Å². The number of hydrogen-bond donors (Lipinski definition) is 2. The fourth-order valence-corrected chi connectivity index (χ4v) is 3.20. The summed E-state index contributed by atoms with van der Waals surface area (Å²) >= 11 is 0. The molecule has 2 aromatic rings. The van der Waals surface area contributed by atoms with Crippen LogP contribution in [0, 0.1) is 0 Å². The van der Waals surface area contributed by atoms with Crippen LogP contribution in [-0.4, -0.2) is 42.7 Å². The van der Waals surface area contributed by atoms with Crippen molar-refractivity contribution in [1.29, 1.82) is 0 Å². The zero-order valence-electron chi connectivity index (χ0n) is 17.1. The fraction of sp³-hybridized carbons (Fsp3) is 0.364. The molecule has 8 heteroatoms. The maximum absolute atomic E-state index is 11.8. The Labute approximate surface area is 194 Å². The van der Waals surface area contributed by atoms with Gasteiger partial charge >= 0.3 is 6.09 Å². The number of halogens is 1.